The molecule has 3 rings (SSSR count). The number of aromatic nitrogens is 1. The fraction of sp³-hybridized carbons (Fsp3) is 0.308. The van der Waals surface area contributed by atoms with Gasteiger partial charge in [0.15, 0.2) is 0 Å². The Morgan fingerprint density at radius 1 is 1.25 bits per heavy atom. The highest BCUT2D eigenvalue weighted by molar-refractivity contribution is 6.00. The molecule has 1 saturated carbocycles. The second kappa shape index (κ2) is 3.67. The number of nitrogen functional groups attached to an aromatic ring is 1. The van der Waals surface area contributed by atoms with Crippen molar-refractivity contribution < 1.29 is 0 Å². The van der Waals surface area contributed by atoms with E-state index in [1.165, 1.54) is 12.8 Å². The molecule has 3 nitrogen and oxygen atoms in total. The predicted molar refractivity (Wildman–Crippen MR) is 67.4 cm³/mol. The molecule has 1 aliphatic rings. The minimum atomic E-state index is 0.814. The van der Waals surface area contributed by atoms with Gasteiger partial charge in [0.05, 0.1) is 0 Å². The molecule has 1 fully saturated rings. The molecule has 0 aliphatic heterocycles. The van der Waals surface area contributed by atoms with E-state index in [0.29, 0.717) is 0 Å². The number of nitrogens with one attached hydrogen (secondary N) is 1. The molecule has 16 heavy (non-hydrogen) atoms. The van der Waals surface area contributed by atoms with Gasteiger partial charge in [-0.3, -0.25) is 4.98 Å². The van der Waals surface area contributed by atoms with Crippen molar-refractivity contribution in [2.75, 3.05) is 17.6 Å². The van der Waals surface area contributed by atoms with Crippen molar-refractivity contribution in [1.29, 1.82) is 0 Å². The molecule has 0 saturated heterocycles. The number of pyridine rings is 1. The van der Waals surface area contributed by atoms with Gasteiger partial charge in [-0.2, -0.15) is 0 Å². The maximum Gasteiger partial charge on any atom is 0.0437 e. The Labute approximate surface area is 94.7 Å². The number of hydrogen-bond donors (Lipinski definition) is 2. The number of rotatable bonds is 3. The van der Waals surface area contributed by atoms with Crippen LogP contribution in [0.4, 0.5) is 11.4 Å². The molecule has 82 valence electrons. The van der Waals surface area contributed by atoms with Gasteiger partial charge in [0, 0.05) is 41.1 Å². The lowest BCUT2D eigenvalue weighted by atomic mass is 10.1. The Kier molecular flexibility index (Phi) is 2.17. The topological polar surface area (TPSA) is 50.9 Å². The molecule has 1 aromatic heterocycles. The molecule has 0 radical (unpaired) electrons. The molecule has 0 unspecified atom stereocenters. The molecule has 1 heterocycles. The summed E-state index contributed by atoms with van der Waals surface area (Å²) in [5.74, 6) is 0.865. The summed E-state index contributed by atoms with van der Waals surface area (Å²) < 4.78 is 0. The normalized spacial score (nSPS) is 15.2. The fourth-order valence-electron chi connectivity index (χ4n) is 1.94. The van der Waals surface area contributed by atoms with E-state index in [2.05, 4.69) is 10.3 Å². The molecular formula is C13H15N3. The van der Waals surface area contributed by atoms with Crippen LogP contribution in [0.3, 0.4) is 0 Å². The van der Waals surface area contributed by atoms with Crippen LogP contribution in [0.1, 0.15) is 12.8 Å². The van der Waals surface area contributed by atoms with Crippen LogP contribution in [0.2, 0.25) is 0 Å². The fourth-order valence-corrected chi connectivity index (χ4v) is 1.94. The van der Waals surface area contributed by atoms with Crippen molar-refractivity contribution in [2.45, 2.75) is 12.8 Å². The maximum atomic E-state index is 5.94. The highest BCUT2D eigenvalue weighted by Gasteiger charge is 2.20. The summed E-state index contributed by atoms with van der Waals surface area (Å²) in [5.41, 5.74) is 7.89. The van der Waals surface area contributed by atoms with Crippen LogP contribution in [-0.4, -0.2) is 11.5 Å². The minimum absolute atomic E-state index is 0.814. The van der Waals surface area contributed by atoms with E-state index in [1.807, 2.05) is 24.4 Å². The smallest absolute Gasteiger partial charge is 0.0437 e. The van der Waals surface area contributed by atoms with E-state index in [-0.39, 0.29) is 0 Å². The van der Waals surface area contributed by atoms with Crippen LogP contribution < -0.4 is 11.1 Å². The number of benzene rings is 1. The van der Waals surface area contributed by atoms with Crippen LogP contribution >= 0.6 is 0 Å². The predicted octanol–water partition coefficient (Wildman–Crippen LogP) is 2.64. The standard InChI is InChI=1S/C13H15N3/c14-12-3-4-13(16-7-9-1-2-9)11-8-15-6-5-10(11)12/h3-6,8-9,16H,1-2,7,14H2. The molecule has 0 bridgehead atoms. The van der Waals surface area contributed by atoms with Crippen molar-refractivity contribution >= 4 is 22.1 Å². The zero-order valence-electron chi connectivity index (χ0n) is 9.11. The van der Waals surface area contributed by atoms with E-state index in [9.17, 15) is 0 Å². The Morgan fingerprint density at radius 3 is 2.94 bits per heavy atom. The molecule has 2 aromatic rings. The highest BCUT2D eigenvalue weighted by Crippen LogP contribution is 2.31. The summed E-state index contributed by atoms with van der Waals surface area (Å²) in [6, 6.07) is 5.96. The third-order valence-electron chi connectivity index (χ3n) is 3.13. The Bertz CT molecular complexity index is 518. The second-order valence-corrected chi connectivity index (χ2v) is 4.45. The average molecular weight is 213 g/mol. The number of hydrogen-bond acceptors (Lipinski definition) is 3. The SMILES string of the molecule is Nc1ccc(NCC2CC2)c2cnccc12. The molecule has 0 amide bonds. The highest BCUT2D eigenvalue weighted by atomic mass is 14.9. The first kappa shape index (κ1) is 9.46. The molecule has 1 aliphatic carbocycles. The van der Waals surface area contributed by atoms with Gasteiger partial charge >= 0.3 is 0 Å². The zero-order valence-corrected chi connectivity index (χ0v) is 9.11. The second-order valence-electron chi connectivity index (χ2n) is 4.45. The third-order valence-corrected chi connectivity index (χ3v) is 3.13. The van der Waals surface area contributed by atoms with Crippen LogP contribution in [-0.2, 0) is 0 Å². The van der Waals surface area contributed by atoms with Crippen molar-refractivity contribution in [3.05, 3.63) is 30.6 Å². The average Bonchev–Trinajstić information content (AvgIpc) is 3.13. The van der Waals surface area contributed by atoms with Gasteiger partial charge in [-0.15, -0.1) is 0 Å². The number of nitrogens with two attached hydrogens (primary N) is 1. The van der Waals surface area contributed by atoms with Gasteiger partial charge in [-0.1, -0.05) is 0 Å². The zero-order chi connectivity index (χ0) is 11.0. The summed E-state index contributed by atoms with van der Waals surface area (Å²) >= 11 is 0. The lowest BCUT2D eigenvalue weighted by molar-refractivity contribution is 0.890. The van der Waals surface area contributed by atoms with Crippen LogP contribution in [0.5, 0.6) is 0 Å². The summed E-state index contributed by atoms with van der Waals surface area (Å²) in [4.78, 5) is 4.16. The Morgan fingerprint density at radius 2 is 2.12 bits per heavy atom. The van der Waals surface area contributed by atoms with Gasteiger partial charge in [-0.25, -0.2) is 0 Å². The molecule has 0 atom stereocenters. The summed E-state index contributed by atoms with van der Waals surface area (Å²) in [6.45, 7) is 1.06. The van der Waals surface area contributed by atoms with Crippen LogP contribution in [0, 0.1) is 5.92 Å². The number of anilines is 2. The van der Waals surface area contributed by atoms with E-state index in [0.717, 1.165) is 34.6 Å². The van der Waals surface area contributed by atoms with Crippen molar-refractivity contribution in [2.24, 2.45) is 5.92 Å². The molecule has 0 spiro atoms. The van der Waals surface area contributed by atoms with Gasteiger partial charge in [0.2, 0.25) is 0 Å². The summed E-state index contributed by atoms with van der Waals surface area (Å²) in [6.07, 6.45) is 6.38. The number of nitrogens with zero attached hydrogens (tertiary/aromatic N) is 1. The lowest BCUT2D eigenvalue weighted by Crippen LogP contribution is -2.04. The van der Waals surface area contributed by atoms with Gasteiger partial charge in [0.1, 0.15) is 0 Å². The van der Waals surface area contributed by atoms with Gasteiger partial charge in [-0.05, 0) is 37.0 Å². The van der Waals surface area contributed by atoms with Gasteiger partial charge < -0.3 is 11.1 Å². The first-order valence-corrected chi connectivity index (χ1v) is 5.70. The quantitative estimate of drug-likeness (QED) is 0.771. The third kappa shape index (κ3) is 1.69. The Hall–Kier alpha value is -1.77. The maximum absolute atomic E-state index is 5.94. The summed E-state index contributed by atoms with van der Waals surface area (Å²) in [5, 5.41) is 5.67. The van der Waals surface area contributed by atoms with Gasteiger partial charge in [0.25, 0.3) is 0 Å². The first-order valence-electron chi connectivity index (χ1n) is 5.70. The molecule has 3 N–H and O–H groups in total. The first-order chi connectivity index (χ1) is 7.84. The van der Waals surface area contributed by atoms with Crippen LogP contribution in [0.25, 0.3) is 10.8 Å². The largest absolute Gasteiger partial charge is 0.398 e. The van der Waals surface area contributed by atoms with E-state index >= 15 is 0 Å². The number of fused-ring (bicyclic) bond motifs is 1. The van der Waals surface area contributed by atoms with E-state index in [4.69, 9.17) is 5.73 Å². The van der Waals surface area contributed by atoms with Crippen molar-refractivity contribution in [3.63, 3.8) is 0 Å². The summed E-state index contributed by atoms with van der Waals surface area (Å²) in [7, 11) is 0. The molecule has 1 aromatic carbocycles. The lowest BCUT2D eigenvalue weighted by Gasteiger charge is -2.10. The molecule has 3 heteroatoms. The van der Waals surface area contributed by atoms with Crippen LogP contribution in [0.15, 0.2) is 30.6 Å². The monoisotopic (exact) mass is 213 g/mol. The Balaban J connectivity index is 1.99. The van der Waals surface area contributed by atoms with Crippen molar-refractivity contribution in [1.82, 2.24) is 4.98 Å². The minimum Gasteiger partial charge on any atom is -0.398 e. The molecular weight excluding hydrogens is 198 g/mol. The van der Waals surface area contributed by atoms with Crippen molar-refractivity contribution in [3.8, 4) is 0 Å². The van der Waals surface area contributed by atoms with E-state index in [1.54, 1.807) is 6.20 Å². The van der Waals surface area contributed by atoms with E-state index < -0.39 is 0 Å².